The Kier molecular flexibility index (Phi) is 7.12. The third kappa shape index (κ3) is 5.79. The number of carbonyl (C=O) groups is 2. The fourth-order valence-electron chi connectivity index (χ4n) is 2.59. The van der Waals surface area contributed by atoms with Gasteiger partial charge in [-0.1, -0.05) is 31.0 Å². The molecule has 0 atom stereocenters. The van der Waals surface area contributed by atoms with E-state index in [4.69, 9.17) is 17.0 Å². The Balaban J connectivity index is 2.07. The van der Waals surface area contributed by atoms with Crippen LogP contribution in [0.15, 0.2) is 36.4 Å². The summed E-state index contributed by atoms with van der Waals surface area (Å²) in [6, 6.07) is 10.8. The van der Waals surface area contributed by atoms with E-state index in [1.807, 2.05) is 33.8 Å². The summed E-state index contributed by atoms with van der Waals surface area (Å²) in [5.41, 5.74) is 3.76. The van der Waals surface area contributed by atoms with Crippen LogP contribution in [-0.4, -0.2) is 24.0 Å². The number of thiocarbonyl (C=S) groups is 1. The van der Waals surface area contributed by atoms with Crippen LogP contribution in [0.3, 0.4) is 0 Å². The minimum atomic E-state index is -0.280. The summed E-state index contributed by atoms with van der Waals surface area (Å²) in [6.07, 6.45) is 0. The summed E-state index contributed by atoms with van der Waals surface area (Å²) < 4.78 is 5.34. The van der Waals surface area contributed by atoms with Crippen LogP contribution in [0.5, 0.6) is 5.75 Å². The summed E-state index contributed by atoms with van der Waals surface area (Å²) in [5, 5.41) is 8.61. The highest BCUT2D eigenvalue weighted by Crippen LogP contribution is 2.28. The van der Waals surface area contributed by atoms with Crippen molar-refractivity contribution in [2.24, 2.45) is 5.92 Å². The number of ether oxygens (including phenoxy) is 1. The van der Waals surface area contributed by atoms with Crippen molar-refractivity contribution >= 4 is 40.5 Å². The van der Waals surface area contributed by atoms with Crippen molar-refractivity contribution < 1.29 is 14.3 Å². The van der Waals surface area contributed by atoms with E-state index >= 15 is 0 Å². The smallest absolute Gasteiger partial charge is 0.257 e. The van der Waals surface area contributed by atoms with Gasteiger partial charge in [-0.2, -0.15) is 0 Å². The van der Waals surface area contributed by atoms with Crippen LogP contribution in [0.25, 0.3) is 0 Å². The molecule has 7 heteroatoms. The second kappa shape index (κ2) is 9.32. The van der Waals surface area contributed by atoms with Gasteiger partial charge in [-0.15, -0.1) is 0 Å². The largest absolute Gasteiger partial charge is 0.494 e. The number of hydrogen-bond acceptors (Lipinski definition) is 4. The van der Waals surface area contributed by atoms with Crippen molar-refractivity contribution in [2.45, 2.75) is 27.7 Å². The minimum absolute atomic E-state index is 0.102. The Bertz CT molecular complexity index is 890. The van der Waals surface area contributed by atoms with Crippen LogP contribution in [0, 0.1) is 19.8 Å². The van der Waals surface area contributed by atoms with Crippen molar-refractivity contribution in [3.8, 4) is 5.75 Å². The standard InChI is InChI=1S/C21H25N3O3S/c1-12(2)19(25)23-17-7-6-16(11-18(17)27-5)22-21(28)24-20(26)15-9-13(3)8-14(4)10-15/h6-12H,1-5H3,(H,23,25)(H2,22,24,26,28). The van der Waals surface area contributed by atoms with E-state index in [0.717, 1.165) is 11.1 Å². The lowest BCUT2D eigenvalue weighted by Crippen LogP contribution is -2.34. The summed E-state index contributed by atoms with van der Waals surface area (Å²) >= 11 is 5.24. The van der Waals surface area contributed by atoms with Gasteiger partial charge in [0, 0.05) is 23.2 Å². The molecule has 0 aromatic heterocycles. The molecular weight excluding hydrogens is 374 g/mol. The van der Waals surface area contributed by atoms with Crippen molar-refractivity contribution in [1.29, 1.82) is 0 Å². The van der Waals surface area contributed by atoms with Crippen molar-refractivity contribution in [3.63, 3.8) is 0 Å². The van der Waals surface area contributed by atoms with Crippen LogP contribution in [0.1, 0.15) is 35.3 Å². The quantitative estimate of drug-likeness (QED) is 0.662. The molecule has 0 saturated heterocycles. The first-order valence-electron chi connectivity index (χ1n) is 8.89. The van der Waals surface area contributed by atoms with E-state index in [0.29, 0.717) is 22.7 Å². The van der Waals surface area contributed by atoms with Crippen LogP contribution in [-0.2, 0) is 4.79 Å². The number of amides is 2. The van der Waals surface area contributed by atoms with Crippen molar-refractivity contribution in [1.82, 2.24) is 5.32 Å². The monoisotopic (exact) mass is 399 g/mol. The van der Waals surface area contributed by atoms with Gasteiger partial charge in [-0.05, 0) is 50.3 Å². The molecule has 6 nitrogen and oxygen atoms in total. The van der Waals surface area contributed by atoms with Gasteiger partial charge in [0.1, 0.15) is 5.75 Å². The molecule has 2 aromatic carbocycles. The van der Waals surface area contributed by atoms with E-state index < -0.39 is 0 Å². The van der Waals surface area contributed by atoms with Crippen LogP contribution < -0.4 is 20.7 Å². The van der Waals surface area contributed by atoms with E-state index in [1.165, 1.54) is 7.11 Å². The Hall–Kier alpha value is -2.93. The number of nitrogens with one attached hydrogen (secondary N) is 3. The van der Waals surface area contributed by atoms with E-state index in [9.17, 15) is 9.59 Å². The Morgan fingerprint density at radius 3 is 2.21 bits per heavy atom. The summed E-state index contributed by atoms with van der Waals surface area (Å²) in [5.74, 6) is -0.0367. The van der Waals surface area contributed by atoms with Crippen molar-refractivity contribution in [3.05, 3.63) is 53.1 Å². The van der Waals surface area contributed by atoms with E-state index in [1.54, 1.807) is 30.3 Å². The van der Waals surface area contributed by atoms with Crippen LogP contribution in [0.2, 0.25) is 0 Å². The van der Waals surface area contributed by atoms with Gasteiger partial charge in [0.05, 0.1) is 12.8 Å². The fourth-order valence-corrected chi connectivity index (χ4v) is 2.80. The zero-order chi connectivity index (χ0) is 20.8. The minimum Gasteiger partial charge on any atom is -0.494 e. The molecule has 0 saturated carbocycles. The van der Waals surface area contributed by atoms with Gasteiger partial charge in [-0.3, -0.25) is 14.9 Å². The number of hydrogen-bond donors (Lipinski definition) is 3. The lowest BCUT2D eigenvalue weighted by molar-refractivity contribution is -0.118. The fraction of sp³-hybridized carbons (Fsp3) is 0.286. The SMILES string of the molecule is COc1cc(NC(=S)NC(=O)c2cc(C)cc(C)c2)ccc1NC(=O)C(C)C. The number of benzene rings is 2. The van der Waals surface area contributed by atoms with Crippen LogP contribution >= 0.6 is 12.2 Å². The molecule has 0 bridgehead atoms. The summed E-state index contributed by atoms with van der Waals surface area (Å²) in [4.78, 5) is 24.3. The Morgan fingerprint density at radius 2 is 1.64 bits per heavy atom. The Labute approximate surface area is 170 Å². The van der Waals surface area contributed by atoms with Gasteiger partial charge >= 0.3 is 0 Å². The van der Waals surface area contributed by atoms with Crippen molar-refractivity contribution in [2.75, 3.05) is 17.7 Å². The predicted octanol–water partition coefficient (Wildman–Crippen LogP) is 4.03. The highest BCUT2D eigenvalue weighted by molar-refractivity contribution is 7.80. The maximum Gasteiger partial charge on any atom is 0.257 e. The lowest BCUT2D eigenvalue weighted by atomic mass is 10.1. The van der Waals surface area contributed by atoms with E-state index in [-0.39, 0.29) is 22.8 Å². The van der Waals surface area contributed by atoms with Gasteiger partial charge in [0.15, 0.2) is 5.11 Å². The predicted molar refractivity (Wildman–Crippen MR) is 116 cm³/mol. The molecule has 3 N–H and O–H groups in total. The molecule has 2 rings (SSSR count). The zero-order valence-electron chi connectivity index (χ0n) is 16.7. The molecule has 28 heavy (non-hydrogen) atoms. The number of carbonyl (C=O) groups excluding carboxylic acids is 2. The topological polar surface area (TPSA) is 79.5 Å². The average Bonchev–Trinajstić information content (AvgIpc) is 2.61. The molecule has 0 unspecified atom stereocenters. The number of anilines is 2. The Morgan fingerprint density at radius 1 is 1.00 bits per heavy atom. The molecule has 0 spiro atoms. The first-order chi connectivity index (χ1) is 13.2. The number of methoxy groups -OCH3 is 1. The molecule has 0 aliphatic rings. The van der Waals surface area contributed by atoms with E-state index in [2.05, 4.69) is 16.0 Å². The molecular formula is C21H25N3O3S. The molecule has 0 radical (unpaired) electrons. The van der Waals surface area contributed by atoms with Gasteiger partial charge < -0.3 is 15.4 Å². The number of rotatable bonds is 5. The molecule has 0 aliphatic heterocycles. The molecule has 148 valence electrons. The van der Waals surface area contributed by atoms with Gasteiger partial charge in [0.25, 0.3) is 5.91 Å². The normalized spacial score (nSPS) is 10.4. The maximum absolute atomic E-state index is 12.4. The summed E-state index contributed by atoms with van der Waals surface area (Å²) in [6.45, 7) is 7.50. The molecule has 0 heterocycles. The second-order valence-electron chi connectivity index (χ2n) is 6.84. The number of aryl methyl sites for hydroxylation is 2. The third-order valence-electron chi connectivity index (χ3n) is 3.95. The van der Waals surface area contributed by atoms with Gasteiger partial charge in [0.2, 0.25) is 5.91 Å². The third-order valence-corrected chi connectivity index (χ3v) is 4.16. The second-order valence-corrected chi connectivity index (χ2v) is 7.25. The average molecular weight is 400 g/mol. The molecule has 2 amide bonds. The summed E-state index contributed by atoms with van der Waals surface area (Å²) in [7, 11) is 1.52. The molecule has 2 aromatic rings. The first-order valence-corrected chi connectivity index (χ1v) is 9.30. The highest BCUT2D eigenvalue weighted by Gasteiger charge is 2.13. The molecule has 0 aliphatic carbocycles. The molecule has 0 fully saturated rings. The lowest BCUT2D eigenvalue weighted by Gasteiger charge is -2.15. The van der Waals surface area contributed by atoms with Gasteiger partial charge in [-0.25, -0.2) is 0 Å². The zero-order valence-corrected chi connectivity index (χ0v) is 17.5. The highest BCUT2D eigenvalue weighted by atomic mass is 32.1. The van der Waals surface area contributed by atoms with Crippen LogP contribution in [0.4, 0.5) is 11.4 Å². The first kappa shape index (κ1) is 21.4. The maximum atomic E-state index is 12.4.